The molecule has 2 aromatic carbocycles. The Morgan fingerprint density at radius 2 is 1.86 bits per heavy atom. The van der Waals surface area contributed by atoms with E-state index in [0.717, 1.165) is 17.3 Å². The molecule has 28 heavy (non-hydrogen) atoms. The van der Waals surface area contributed by atoms with Gasteiger partial charge in [-0.05, 0) is 55.5 Å². The summed E-state index contributed by atoms with van der Waals surface area (Å²) in [7, 11) is 1.58. The summed E-state index contributed by atoms with van der Waals surface area (Å²) in [6, 6.07) is 14.1. The Hall–Kier alpha value is -3.13. The summed E-state index contributed by atoms with van der Waals surface area (Å²) in [5.41, 5.74) is 1.44. The summed E-state index contributed by atoms with van der Waals surface area (Å²) in [4.78, 5) is 31.4. The van der Waals surface area contributed by atoms with Crippen molar-refractivity contribution in [2.75, 3.05) is 12.4 Å². The molecule has 0 saturated carbocycles. The molecule has 1 unspecified atom stereocenters. The standard InChI is InChI=1S/C20H18FN3O3S/c1-12(19(26)22-15-7-5-14(21)6-8-15)28-20-23-17(11-18(25)24-20)13-3-9-16(27-2)10-4-13/h3-12H,1-2H3,(H,22,26)(H,23,24,25). The van der Waals surface area contributed by atoms with E-state index in [1.54, 1.807) is 38.3 Å². The van der Waals surface area contributed by atoms with E-state index in [1.165, 1.54) is 30.3 Å². The number of nitrogens with one attached hydrogen (secondary N) is 2. The molecule has 0 aliphatic heterocycles. The van der Waals surface area contributed by atoms with Crippen molar-refractivity contribution in [3.8, 4) is 17.0 Å². The van der Waals surface area contributed by atoms with Gasteiger partial charge in [-0.15, -0.1) is 0 Å². The highest BCUT2D eigenvalue weighted by molar-refractivity contribution is 8.00. The molecule has 0 radical (unpaired) electrons. The molecule has 0 spiro atoms. The van der Waals surface area contributed by atoms with Crippen molar-refractivity contribution in [3.05, 3.63) is 70.8 Å². The van der Waals surface area contributed by atoms with Gasteiger partial charge in [0.1, 0.15) is 11.6 Å². The van der Waals surface area contributed by atoms with Crippen molar-refractivity contribution >= 4 is 23.4 Å². The molecular formula is C20H18FN3O3S. The molecule has 3 aromatic rings. The number of thioether (sulfide) groups is 1. The van der Waals surface area contributed by atoms with Gasteiger partial charge in [0, 0.05) is 17.3 Å². The number of H-pyrrole nitrogens is 1. The van der Waals surface area contributed by atoms with Crippen molar-refractivity contribution in [1.29, 1.82) is 0 Å². The van der Waals surface area contributed by atoms with Gasteiger partial charge in [-0.3, -0.25) is 9.59 Å². The van der Waals surface area contributed by atoms with Crippen molar-refractivity contribution in [1.82, 2.24) is 9.97 Å². The van der Waals surface area contributed by atoms with Crippen LogP contribution >= 0.6 is 11.8 Å². The lowest BCUT2D eigenvalue weighted by molar-refractivity contribution is -0.115. The predicted molar refractivity (Wildman–Crippen MR) is 107 cm³/mol. The molecule has 3 rings (SSSR count). The molecule has 0 saturated heterocycles. The van der Waals surface area contributed by atoms with E-state index >= 15 is 0 Å². The van der Waals surface area contributed by atoms with Crippen LogP contribution in [-0.4, -0.2) is 28.2 Å². The summed E-state index contributed by atoms with van der Waals surface area (Å²) in [6.07, 6.45) is 0. The third-order valence-corrected chi connectivity index (χ3v) is 4.86. The van der Waals surface area contributed by atoms with Crippen molar-refractivity contribution < 1.29 is 13.9 Å². The molecular weight excluding hydrogens is 381 g/mol. The Balaban J connectivity index is 1.74. The van der Waals surface area contributed by atoms with Crippen LogP contribution in [0.1, 0.15) is 6.92 Å². The first-order valence-electron chi connectivity index (χ1n) is 8.43. The van der Waals surface area contributed by atoms with Crippen LogP contribution in [0.4, 0.5) is 10.1 Å². The molecule has 8 heteroatoms. The molecule has 1 heterocycles. The van der Waals surface area contributed by atoms with Gasteiger partial charge in [-0.1, -0.05) is 11.8 Å². The van der Waals surface area contributed by atoms with Crippen LogP contribution < -0.4 is 15.6 Å². The van der Waals surface area contributed by atoms with Gasteiger partial charge in [-0.25, -0.2) is 9.37 Å². The normalized spacial score (nSPS) is 11.7. The summed E-state index contributed by atoms with van der Waals surface area (Å²) in [5, 5.41) is 2.51. The highest BCUT2D eigenvalue weighted by atomic mass is 32.2. The fourth-order valence-electron chi connectivity index (χ4n) is 2.40. The lowest BCUT2D eigenvalue weighted by Gasteiger charge is -2.12. The molecule has 0 bridgehead atoms. The van der Waals surface area contributed by atoms with Gasteiger partial charge in [0.2, 0.25) is 5.91 Å². The first-order chi connectivity index (χ1) is 13.4. The maximum atomic E-state index is 13.0. The average molecular weight is 399 g/mol. The van der Waals surface area contributed by atoms with Crippen LogP contribution in [0, 0.1) is 5.82 Å². The molecule has 6 nitrogen and oxygen atoms in total. The topological polar surface area (TPSA) is 84.1 Å². The smallest absolute Gasteiger partial charge is 0.252 e. The highest BCUT2D eigenvalue weighted by Gasteiger charge is 2.17. The first kappa shape index (κ1) is 19.6. The van der Waals surface area contributed by atoms with Gasteiger partial charge < -0.3 is 15.0 Å². The largest absolute Gasteiger partial charge is 0.497 e. The second-order valence-electron chi connectivity index (χ2n) is 5.92. The summed E-state index contributed by atoms with van der Waals surface area (Å²) in [6.45, 7) is 1.70. The third kappa shape index (κ3) is 4.98. The fraction of sp³-hybridized carbons (Fsp3) is 0.150. The zero-order valence-electron chi connectivity index (χ0n) is 15.2. The Bertz CT molecular complexity index is 1020. The van der Waals surface area contributed by atoms with Crippen LogP contribution in [-0.2, 0) is 4.79 Å². The number of halogens is 1. The number of rotatable bonds is 6. The number of carbonyl (C=O) groups excluding carboxylic acids is 1. The lowest BCUT2D eigenvalue weighted by Crippen LogP contribution is -2.23. The lowest BCUT2D eigenvalue weighted by atomic mass is 10.1. The van der Waals surface area contributed by atoms with E-state index in [0.29, 0.717) is 22.3 Å². The van der Waals surface area contributed by atoms with Crippen LogP contribution in [0.5, 0.6) is 5.75 Å². The van der Waals surface area contributed by atoms with E-state index in [9.17, 15) is 14.0 Å². The molecule has 144 valence electrons. The number of hydrogen-bond donors (Lipinski definition) is 2. The molecule has 0 aliphatic rings. The van der Waals surface area contributed by atoms with Crippen LogP contribution in [0.25, 0.3) is 11.3 Å². The predicted octanol–water partition coefficient (Wildman–Crippen LogP) is 3.70. The van der Waals surface area contributed by atoms with Crippen LogP contribution in [0.2, 0.25) is 0 Å². The third-order valence-electron chi connectivity index (χ3n) is 3.88. The monoisotopic (exact) mass is 399 g/mol. The minimum Gasteiger partial charge on any atom is -0.497 e. The van der Waals surface area contributed by atoms with E-state index in [2.05, 4.69) is 15.3 Å². The number of carbonyl (C=O) groups is 1. The van der Waals surface area contributed by atoms with E-state index in [4.69, 9.17) is 4.74 Å². The number of aromatic amines is 1. The fourth-order valence-corrected chi connectivity index (χ4v) is 3.21. The average Bonchev–Trinajstić information content (AvgIpc) is 2.69. The summed E-state index contributed by atoms with van der Waals surface area (Å²) < 4.78 is 18.1. The Labute approximate surface area is 165 Å². The molecule has 2 N–H and O–H groups in total. The second-order valence-corrected chi connectivity index (χ2v) is 7.25. The van der Waals surface area contributed by atoms with Crippen molar-refractivity contribution in [2.24, 2.45) is 0 Å². The maximum absolute atomic E-state index is 13.0. The number of aromatic nitrogens is 2. The number of ether oxygens (including phenoxy) is 1. The number of methoxy groups -OCH3 is 1. The molecule has 0 fully saturated rings. The van der Waals surface area contributed by atoms with Crippen LogP contribution in [0.3, 0.4) is 0 Å². The number of amides is 1. The number of nitrogens with zero attached hydrogens (tertiary/aromatic N) is 1. The minimum absolute atomic E-state index is 0.283. The number of benzene rings is 2. The number of anilines is 1. The summed E-state index contributed by atoms with van der Waals surface area (Å²) >= 11 is 1.13. The Morgan fingerprint density at radius 3 is 2.50 bits per heavy atom. The zero-order chi connectivity index (χ0) is 20.1. The van der Waals surface area contributed by atoms with Gasteiger partial charge in [0.05, 0.1) is 18.1 Å². The number of hydrogen-bond acceptors (Lipinski definition) is 5. The van der Waals surface area contributed by atoms with E-state index in [1.807, 2.05) is 0 Å². The van der Waals surface area contributed by atoms with Gasteiger partial charge in [-0.2, -0.15) is 0 Å². The van der Waals surface area contributed by atoms with Crippen LogP contribution in [0.15, 0.2) is 64.5 Å². The Morgan fingerprint density at radius 1 is 1.18 bits per heavy atom. The minimum atomic E-state index is -0.528. The second kappa shape index (κ2) is 8.71. The zero-order valence-corrected chi connectivity index (χ0v) is 16.0. The van der Waals surface area contributed by atoms with E-state index < -0.39 is 5.25 Å². The summed E-state index contributed by atoms with van der Waals surface area (Å²) in [5.74, 6) is 0.0425. The highest BCUT2D eigenvalue weighted by Crippen LogP contribution is 2.24. The van der Waals surface area contributed by atoms with Crippen molar-refractivity contribution in [2.45, 2.75) is 17.3 Å². The molecule has 0 aliphatic carbocycles. The molecule has 1 atom stereocenters. The van der Waals surface area contributed by atoms with Gasteiger partial charge >= 0.3 is 0 Å². The van der Waals surface area contributed by atoms with E-state index in [-0.39, 0.29) is 17.3 Å². The van der Waals surface area contributed by atoms with Crippen molar-refractivity contribution in [3.63, 3.8) is 0 Å². The van der Waals surface area contributed by atoms with Gasteiger partial charge in [0.25, 0.3) is 5.56 Å². The Kier molecular flexibility index (Phi) is 6.10. The maximum Gasteiger partial charge on any atom is 0.252 e. The molecule has 1 amide bonds. The van der Waals surface area contributed by atoms with Gasteiger partial charge in [0.15, 0.2) is 5.16 Å². The first-order valence-corrected chi connectivity index (χ1v) is 9.31. The quantitative estimate of drug-likeness (QED) is 0.488. The SMILES string of the molecule is COc1ccc(-c2cc(=O)[nH]c(SC(C)C(=O)Nc3ccc(F)cc3)n2)cc1. The molecule has 1 aromatic heterocycles.